The van der Waals surface area contributed by atoms with Crippen molar-refractivity contribution in [3.05, 3.63) is 65.7 Å². The number of anilines is 2. The second-order valence-electron chi connectivity index (χ2n) is 4.02. The maximum Gasteiger partial charge on any atom is 0.211 e. The average molecular weight is 280 g/mol. The zero-order chi connectivity index (χ0) is 13.6. The monoisotopic (exact) mass is 280 g/mol. The first-order valence-corrected chi connectivity index (χ1v) is 7.01. The molecule has 5 heteroatoms. The molecular weight excluding hydrogens is 268 g/mol. The first-order chi connectivity index (χ1) is 9.90. The van der Waals surface area contributed by atoms with Crippen LogP contribution in [0.1, 0.15) is 5.56 Å². The molecule has 0 saturated heterocycles. The highest BCUT2D eigenvalue weighted by Gasteiger charge is 2.00. The van der Waals surface area contributed by atoms with E-state index in [1.54, 1.807) is 6.20 Å². The van der Waals surface area contributed by atoms with E-state index in [1.165, 1.54) is 11.3 Å². The summed E-state index contributed by atoms with van der Waals surface area (Å²) in [6.07, 6.45) is 3.55. The quantitative estimate of drug-likeness (QED) is 0.734. The van der Waals surface area contributed by atoms with Gasteiger partial charge in [-0.25, -0.2) is 15.0 Å². The van der Waals surface area contributed by atoms with Crippen LogP contribution in [-0.4, -0.2) is 16.2 Å². The molecule has 0 atom stereocenters. The number of nitrogens with one attached hydrogen (secondary N) is 1. The molecule has 1 aromatic carbocycles. The van der Waals surface area contributed by atoms with Crippen LogP contribution in [0.3, 0.4) is 0 Å². The van der Waals surface area contributed by atoms with Gasteiger partial charge in [0.1, 0.15) is 11.6 Å². The predicted molar refractivity (Wildman–Crippen MR) is 83.3 cm³/mol. The summed E-state index contributed by atoms with van der Waals surface area (Å²) in [5, 5.41) is 5.77. The fourth-order valence-corrected chi connectivity index (χ4v) is 2.21. The van der Waals surface area contributed by atoms with Gasteiger partial charge in [-0.1, -0.05) is 36.4 Å². The summed E-state index contributed by atoms with van der Waals surface area (Å²) < 4.78 is 0. The smallest absolute Gasteiger partial charge is 0.211 e. The van der Waals surface area contributed by atoms with E-state index in [9.17, 15) is 0 Å². The summed E-state index contributed by atoms with van der Waals surface area (Å²) in [5.41, 5.74) is 1.06. The Labute approximate surface area is 120 Å². The number of benzene rings is 1. The molecule has 2 heterocycles. The third-order valence-corrected chi connectivity index (χ3v) is 3.29. The first kappa shape index (κ1) is 12.5. The zero-order valence-electron chi connectivity index (χ0n) is 10.6. The highest BCUT2D eigenvalue weighted by atomic mass is 32.1. The lowest BCUT2D eigenvalue weighted by Crippen LogP contribution is -1.91. The molecule has 0 saturated carbocycles. The Morgan fingerprint density at radius 1 is 1.00 bits per heavy atom. The number of aromatic nitrogens is 2. The Morgan fingerprint density at radius 2 is 1.85 bits per heavy atom. The highest BCUT2D eigenvalue weighted by molar-refractivity contribution is 7.13. The topological polar surface area (TPSA) is 50.2 Å². The van der Waals surface area contributed by atoms with Crippen LogP contribution < -0.4 is 5.32 Å². The molecule has 0 aliphatic carbocycles. The summed E-state index contributed by atoms with van der Waals surface area (Å²) >= 11 is 1.49. The van der Waals surface area contributed by atoms with E-state index < -0.39 is 0 Å². The van der Waals surface area contributed by atoms with Crippen molar-refractivity contribution in [2.75, 3.05) is 5.32 Å². The van der Waals surface area contributed by atoms with Crippen molar-refractivity contribution in [3.8, 4) is 0 Å². The molecule has 98 valence electrons. The molecule has 0 aliphatic rings. The molecule has 20 heavy (non-hydrogen) atoms. The molecule has 0 spiro atoms. The van der Waals surface area contributed by atoms with E-state index in [1.807, 2.05) is 60.1 Å². The van der Waals surface area contributed by atoms with Crippen LogP contribution in [0.2, 0.25) is 0 Å². The van der Waals surface area contributed by atoms with Gasteiger partial charge in [-0.2, -0.15) is 0 Å². The molecule has 0 radical (unpaired) electrons. The summed E-state index contributed by atoms with van der Waals surface area (Å²) in [4.78, 5) is 12.9. The second kappa shape index (κ2) is 6.08. The molecule has 3 aromatic rings. The lowest BCUT2D eigenvalue weighted by molar-refractivity contribution is 1.27. The number of hydrogen-bond acceptors (Lipinski definition) is 5. The summed E-state index contributed by atoms with van der Waals surface area (Å²) in [7, 11) is 0. The second-order valence-corrected chi connectivity index (χ2v) is 4.86. The molecule has 1 N–H and O–H groups in total. The molecular formula is C15H12N4S. The molecule has 0 aliphatic heterocycles. The lowest BCUT2D eigenvalue weighted by atomic mass is 10.2. The van der Waals surface area contributed by atoms with Crippen molar-refractivity contribution in [2.45, 2.75) is 0 Å². The third kappa shape index (κ3) is 3.27. The third-order valence-electron chi connectivity index (χ3n) is 2.54. The minimum absolute atomic E-state index is 0.715. The van der Waals surface area contributed by atoms with E-state index in [0.29, 0.717) is 5.13 Å². The lowest BCUT2D eigenvalue weighted by Gasteiger charge is -1.99. The predicted octanol–water partition coefficient (Wildman–Crippen LogP) is 4.03. The molecule has 0 unspecified atom stereocenters. The minimum atomic E-state index is 0.715. The van der Waals surface area contributed by atoms with Gasteiger partial charge in [0.25, 0.3) is 0 Å². The molecule has 0 amide bonds. The average Bonchev–Trinajstić information content (AvgIpc) is 2.95. The molecule has 0 fully saturated rings. The van der Waals surface area contributed by atoms with Crippen LogP contribution in [0.25, 0.3) is 0 Å². The summed E-state index contributed by atoms with van der Waals surface area (Å²) in [6.45, 7) is 0. The van der Waals surface area contributed by atoms with Crippen LogP contribution >= 0.6 is 11.3 Å². The van der Waals surface area contributed by atoms with E-state index in [0.717, 1.165) is 17.2 Å². The van der Waals surface area contributed by atoms with E-state index in [-0.39, 0.29) is 0 Å². The number of hydrogen-bond donors (Lipinski definition) is 1. The zero-order valence-corrected chi connectivity index (χ0v) is 11.4. The van der Waals surface area contributed by atoms with Gasteiger partial charge in [0.2, 0.25) is 5.13 Å². The van der Waals surface area contributed by atoms with E-state index in [2.05, 4.69) is 20.3 Å². The van der Waals surface area contributed by atoms with Gasteiger partial charge in [-0.3, -0.25) is 0 Å². The van der Waals surface area contributed by atoms with E-state index >= 15 is 0 Å². The minimum Gasteiger partial charge on any atom is -0.324 e. The normalized spacial score (nSPS) is 10.8. The van der Waals surface area contributed by atoms with Gasteiger partial charge >= 0.3 is 0 Å². The van der Waals surface area contributed by atoms with Crippen molar-refractivity contribution in [2.24, 2.45) is 4.99 Å². The van der Waals surface area contributed by atoms with Crippen molar-refractivity contribution >= 4 is 34.3 Å². The van der Waals surface area contributed by atoms with Crippen molar-refractivity contribution in [1.29, 1.82) is 0 Å². The van der Waals surface area contributed by atoms with Crippen molar-refractivity contribution < 1.29 is 0 Å². The van der Waals surface area contributed by atoms with Crippen LogP contribution in [0, 0.1) is 0 Å². The van der Waals surface area contributed by atoms with Gasteiger partial charge in [0.15, 0.2) is 0 Å². The Morgan fingerprint density at radius 3 is 2.65 bits per heavy atom. The number of pyridine rings is 1. The van der Waals surface area contributed by atoms with Crippen LogP contribution in [-0.2, 0) is 0 Å². The Balaban J connectivity index is 1.70. The molecule has 3 rings (SSSR count). The molecule has 4 nitrogen and oxygen atoms in total. The standard InChI is InChI=1S/C15H12N4S/c1-2-6-12(7-3-1)10-17-15-19-14(11-20-15)18-13-8-4-5-9-16-13/h1-11H,(H,16,18)/b17-10+. The summed E-state index contributed by atoms with van der Waals surface area (Å²) in [5.74, 6) is 1.53. The fraction of sp³-hybridized carbons (Fsp3) is 0. The maximum absolute atomic E-state index is 4.39. The van der Waals surface area contributed by atoms with Gasteiger partial charge < -0.3 is 5.32 Å². The largest absolute Gasteiger partial charge is 0.324 e. The van der Waals surface area contributed by atoms with Crippen LogP contribution in [0.4, 0.5) is 16.8 Å². The Hall–Kier alpha value is -2.53. The Bertz CT molecular complexity index is 692. The van der Waals surface area contributed by atoms with E-state index in [4.69, 9.17) is 0 Å². The Kier molecular flexibility index (Phi) is 3.80. The first-order valence-electron chi connectivity index (χ1n) is 6.13. The van der Waals surface area contributed by atoms with Crippen LogP contribution in [0.5, 0.6) is 0 Å². The van der Waals surface area contributed by atoms with Gasteiger partial charge in [0, 0.05) is 17.8 Å². The van der Waals surface area contributed by atoms with Gasteiger partial charge in [-0.05, 0) is 17.7 Å². The number of rotatable bonds is 4. The molecule has 2 aromatic heterocycles. The number of nitrogens with zero attached hydrogens (tertiary/aromatic N) is 3. The number of thiazole rings is 1. The number of aliphatic imine (C=N–C) groups is 1. The van der Waals surface area contributed by atoms with Crippen molar-refractivity contribution in [3.63, 3.8) is 0 Å². The summed E-state index contributed by atoms with van der Waals surface area (Å²) in [6, 6.07) is 15.7. The van der Waals surface area contributed by atoms with Gasteiger partial charge in [-0.15, -0.1) is 11.3 Å². The maximum atomic E-state index is 4.39. The molecule has 0 bridgehead atoms. The van der Waals surface area contributed by atoms with Crippen molar-refractivity contribution in [1.82, 2.24) is 9.97 Å². The highest BCUT2D eigenvalue weighted by Crippen LogP contribution is 2.23. The van der Waals surface area contributed by atoms with Gasteiger partial charge in [0.05, 0.1) is 0 Å². The SMILES string of the molecule is C(=N\c1nc(Nc2ccccn2)cs1)/c1ccccc1. The van der Waals surface area contributed by atoms with Crippen LogP contribution in [0.15, 0.2) is 65.1 Å². The fourth-order valence-electron chi connectivity index (χ4n) is 1.62.